The zero-order chi connectivity index (χ0) is 20.4. The van der Waals surface area contributed by atoms with Crippen molar-refractivity contribution in [1.29, 1.82) is 0 Å². The molecule has 29 heavy (non-hydrogen) atoms. The highest BCUT2D eigenvalue weighted by Crippen LogP contribution is 2.33. The van der Waals surface area contributed by atoms with Gasteiger partial charge in [-0.2, -0.15) is 0 Å². The first-order valence-electron chi connectivity index (χ1n) is 8.97. The molecular formula is C21H19NO5S2. The van der Waals surface area contributed by atoms with Crippen LogP contribution in [0.4, 0.5) is 0 Å². The molecule has 2 heterocycles. The van der Waals surface area contributed by atoms with Crippen molar-refractivity contribution in [1.82, 2.24) is 5.32 Å². The van der Waals surface area contributed by atoms with Gasteiger partial charge in [-0.15, -0.1) is 11.3 Å². The molecule has 1 aliphatic rings. The van der Waals surface area contributed by atoms with Gasteiger partial charge in [0.25, 0.3) is 5.91 Å². The number of thiophene rings is 1. The molecule has 1 atom stereocenters. The number of hydrogen-bond acceptors (Lipinski definition) is 6. The van der Waals surface area contributed by atoms with Crippen molar-refractivity contribution in [3.63, 3.8) is 0 Å². The van der Waals surface area contributed by atoms with Gasteiger partial charge in [0.2, 0.25) is 6.79 Å². The molecule has 6 nitrogen and oxygen atoms in total. The second-order valence-electron chi connectivity index (χ2n) is 6.64. The van der Waals surface area contributed by atoms with E-state index in [9.17, 15) is 13.2 Å². The van der Waals surface area contributed by atoms with Crippen LogP contribution in [0, 0.1) is 6.92 Å². The average molecular weight is 430 g/mol. The number of aryl methyl sites for hydroxylation is 1. The van der Waals surface area contributed by atoms with Gasteiger partial charge in [-0.05, 0) is 48.7 Å². The number of benzene rings is 2. The number of amides is 1. The number of carbonyl (C=O) groups excluding carboxylic acids is 1. The average Bonchev–Trinajstić information content (AvgIpc) is 3.39. The van der Waals surface area contributed by atoms with E-state index >= 15 is 0 Å². The molecule has 0 aliphatic carbocycles. The Labute approximate surface area is 173 Å². The van der Waals surface area contributed by atoms with Crippen LogP contribution < -0.4 is 14.8 Å². The summed E-state index contributed by atoms with van der Waals surface area (Å²) in [6.07, 6.45) is 0. The predicted octanol–water partition coefficient (Wildman–Crippen LogP) is 3.73. The highest BCUT2D eigenvalue weighted by molar-refractivity contribution is 7.91. The SMILES string of the molecule is Cc1ccc(S(=O)(=O)[C@H](CNC(=O)c2ccc3c(c2)OCO3)c2cccs2)cc1. The summed E-state index contributed by atoms with van der Waals surface area (Å²) in [6, 6.07) is 15.2. The first kappa shape index (κ1) is 19.5. The van der Waals surface area contributed by atoms with Gasteiger partial charge >= 0.3 is 0 Å². The third-order valence-corrected chi connectivity index (χ3v) is 7.90. The normalized spacial score (nSPS) is 13.8. The third-order valence-electron chi connectivity index (χ3n) is 4.67. The van der Waals surface area contributed by atoms with Gasteiger partial charge in [-0.1, -0.05) is 23.8 Å². The summed E-state index contributed by atoms with van der Waals surface area (Å²) in [5, 5.41) is 3.71. The van der Waals surface area contributed by atoms with E-state index in [1.165, 1.54) is 11.3 Å². The minimum atomic E-state index is -3.68. The Bertz CT molecular complexity index is 1120. The fourth-order valence-electron chi connectivity index (χ4n) is 3.06. The number of nitrogens with one attached hydrogen (secondary N) is 1. The number of rotatable bonds is 6. The van der Waals surface area contributed by atoms with Crippen LogP contribution in [0.25, 0.3) is 0 Å². The van der Waals surface area contributed by atoms with Crippen LogP contribution in [-0.4, -0.2) is 27.7 Å². The standard InChI is InChI=1S/C21H19NO5S2/c1-14-4-7-16(8-5-14)29(24,25)20(19-3-2-10-28-19)12-22-21(23)15-6-9-17-18(11-15)27-13-26-17/h2-11,20H,12-13H2,1H3,(H,22,23)/t20-/m1/s1. The van der Waals surface area contributed by atoms with E-state index in [0.717, 1.165) is 5.56 Å². The van der Waals surface area contributed by atoms with Crippen molar-refractivity contribution in [3.8, 4) is 11.5 Å². The fraction of sp³-hybridized carbons (Fsp3) is 0.190. The van der Waals surface area contributed by atoms with Crippen LogP contribution in [0.3, 0.4) is 0 Å². The molecule has 1 amide bonds. The van der Waals surface area contributed by atoms with Gasteiger partial charge in [0.1, 0.15) is 5.25 Å². The molecule has 0 fully saturated rings. The van der Waals surface area contributed by atoms with Crippen molar-refractivity contribution in [2.24, 2.45) is 0 Å². The minimum Gasteiger partial charge on any atom is -0.454 e. The Hall–Kier alpha value is -2.84. The van der Waals surface area contributed by atoms with Crippen LogP contribution >= 0.6 is 11.3 Å². The molecule has 2 aromatic carbocycles. The van der Waals surface area contributed by atoms with E-state index in [-0.39, 0.29) is 24.1 Å². The van der Waals surface area contributed by atoms with Crippen molar-refractivity contribution < 1.29 is 22.7 Å². The zero-order valence-corrected chi connectivity index (χ0v) is 17.3. The van der Waals surface area contributed by atoms with E-state index < -0.39 is 15.1 Å². The van der Waals surface area contributed by atoms with E-state index in [1.54, 1.807) is 54.6 Å². The summed E-state index contributed by atoms with van der Waals surface area (Å²) in [5.74, 6) is 0.712. The van der Waals surface area contributed by atoms with Gasteiger partial charge in [-0.25, -0.2) is 8.42 Å². The van der Waals surface area contributed by atoms with Crippen LogP contribution in [0.1, 0.15) is 26.0 Å². The quantitative estimate of drug-likeness (QED) is 0.646. The number of sulfone groups is 1. The number of carbonyl (C=O) groups is 1. The van der Waals surface area contributed by atoms with Crippen molar-refractivity contribution in [2.45, 2.75) is 17.1 Å². The second kappa shape index (κ2) is 7.88. The first-order chi connectivity index (χ1) is 13.9. The molecule has 8 heteroatoms. The van der Waals surface area contributed by atoms with Crippen LogP contribution in [0.2, 0.25) is 0 Å². The maximum Gasteiger partial charge on any atom is 0.251 e. The summed E-state index contributed by atoms with van der Waals surface area (Å²) >= 11 is 1.35. The third kappa shape index (κ3) is 3.99. The molecule has 0 bridgehead atoms. The predicted molar refractivity (Wildman–Crippen MR) is 110 cm³/mol. The molecule has 0 saturated heterocycles. The van der Waals surface area contributed by atoms with Gasteiger partial charge in [0.05, 0.1) is 4.90 Å². The molecule has 0 unspecified atom stereocenters. The molecule has 3 aromatic rings. The molecular weight excluding hydrogens is 410 g/mol. The lowest BCUT2D eigenvalue weighted by Gasteiger charge is -2.18. The van der Waals surface area contributed by atoms with Gasteiger partial charge in [-0.3, -0.25) is 4.79 Å². The second-order valence-corrected chi connectivity index (χ2v) is 9.75. The molecule has 0 saturated carbocycles. The lowest BCUT2D eigenvalue weighted by atomic mass is 10.2. The number of ether oxygens (including phenoxy) is 2. The Morgan fingerprint density at radius 3 is 2.59 bits per heavy atom. The van der Waals surface area contributed by atoms with E-state index in [1.807, 2.05) is 12.3 Å². The van der Waals surface area contributed by atoms with Crippen LogP contribution in [0.5, 0.6) is 11.5 Å². The Morgan fingerprint density at radius 1 is 1.10 bits per heavy atom. The highest BCUT2D eigenvalue weighted by atomic mass is 32.2. The first-order valence-corrected chi connectivity index (χ1v) is 11.4. The number of fused-ring (bicyclic) bond motifs is 1. The van der Waals surface area contributed by atoms with E-state index in [2.05, 4.69) is 5.32 Å². The molecule has 4 rings (SSSR count). The monoisotopic (exact) mass is 429 g/mol. The minimum absolute atomic E-state index is 0.0377. The topological polar surface area (TPSA) is 81.7 Å². The van der Waals surface area contributed by atoms with Gasteiger partial charge in [0.15, 0.2) is 21.3 Å². The van der Waals surface area contributed by atoms with Crippen molar-refractivity contribution in [2.75, 3.05) is 13.3 Å². The summed E-state index contributed by atoms with van der Waals surface area (Å²) in [4.78, 5) is 13.5. The maximum absolute atomic E-state index is 13.3. The Balaban J connectivity index is 1.57. The Kier molecular flexibility index (Phi) is 5.29. The lowest BCUT2D eigenvalue weighted by molar-refractivity contribution is 0.0953. The fourth-order valence-corrected chi connectivity index (χ4v) is 5.84. The van der Waals surface area contributed by atoms with Gasteiger partial charge in [0, 0.05) is 17.0 Å². The highest BCUT2D eigenvalue weighted by Gasteiger charge is 2.30. The molecule has 1 aliphatic heterocycles. The summed E-state index contributed by atoms with van der Waals surface area (Å²) in [7, 11) is -3.68. The molecule has 0 spiro atoms. The van der Waals surface area contributed by atoms with Gasteiger partial charge < -0.3 is 14.8 Å². The zero-order valence-electron chi connectivity index (χ0n) is 15.6. The van der Waals surface area contributed by atoms with Crippen molar-refractivity contribution >= 4 is 27.1 Å². The Morgan fingerprint density at radius 2 is 1.86 bits per heavy atom. The van der Waals surface area contributed by atoms with Crippen molar-refractivity contribution in [3.05, 3.63) is 76.0 Å². The molecule has 1 N–H and O–H groups in total. The molecule has 1 aromatic heterocycles. The van der Waals surface area contributed by atoms with E-state index in [4.69, 9.17) is 9.47 Å². The smallest absolute Gasteiger partial charge is 0.251 e. The molecule has 150 valence electrons. The largest absolute Gasteiger partial charge is 0.454 e. The lowest BCUT2D eigenvalue weighted by Crippen LogP contribution is -2.31. The van der Waals surface area contributed by atoms with E-state index in [0.29, 0.717) is 21.9 Å². The number of hydrogen-bond donors (Lipinski definition) is 1. The maximum atomic E-state index is 13.3. The molecule has 0 radical (unpaired) electrons. The van der Waals surface area contributed by atoms with Crippen LogP contribution in [0.15, 0.2) is 64.9 Å². The summed E-state index contributed by atoms with van der Waals surface area (Å²) in [5.41, 5.74) is 1.36. The summed E-state index contributed by atoms with van der Waals surface area (Å²) < 4.78 is 37.1. The van der Waals surface area contributed by atoms with Crippen LogP contribution in [-0.2, 0) is 9.84 Å². The summed E-state index contributed by atoms with van der Waals surface area (Å²) in [6.45, 7) is 1.98.